The Morgan fingerprint density at radius 3 is 2.45 bits per heavy atom. The van der Waals surface area contributed by atoms with Crippen molar-refractivity contribution < 1.29 is 13.6 Å². The second-order valence-corrected chi connectivity index (χ2v) is 10.5. The summed E-state index contributed by atoms with van der Waals surface area (Å²) in [5.41, 5.74) is 4.32. The molecule has 5 rings (SSSR count). The molecule has 0 N–H and O–H groups in total. The van der Waals surface area contributed by atoms with Crippen LogP contribution < -0.4 is 0 Å². The Balaban J connectivity index is 1.21. The van der Waals surface area contributed by atoms with Crippen LogP contribution in [0.5, 0.6) is 0 Å². The maximum atomic E-state index is 13.9. The molecule has 0 aromatic heterocycles. The van der Waals surface area contributed by atoms with Crippen molar-refractivity contribution in [2.24, 2.45) is 0 Å². The molecule has 3 aromatic carbocycles. The third-order valence-electron chi connectivity index (χ3n) is 6.94. The zero-order chi connectivity index (χ0) is 22.8. The van der Waals surface area contributed by atoms with E-state index in [0.717, 1.165) is 44.5 Å². The number of halogens is 2. The van der Waals surface area contributed by atoms with Crippen molar-refractivity contribution in [2.75, 3.05) is 19.6 Å². The van der Waals surface area contributed by atoms with Crippen molar-refractivity contribution in [1.29, 1.82) is 0 Å². The number of piperidine rings is 1. The number of thioether (sulfide) groups is 1. The van der Waals surface area contributed by atoms with Crippen molar-refractivity contribution >= 4 is 17.5 Å². The number of nitrogens with zero attached hydrogens (tertiary/aromatic N) is 1. The second-order valence-electron chi connectivity index (χ2n) is 9.01. The minimum Gasteiger partial charge on any atom is -0.303 e. The number of hydrogen-bond donors (Lipinski definition) is 0. The molecule has 0 bridgehead atoms. The third-order valence-corrected chi connectivity index (χ3v) is 8.78. The van der Waals surface area contributed by atoms with E-state index in [9.17, 15) is 13.6 Å². The Hall–Kier alpha value is -2.50. The molecule has 170 valence electrons. The standard InChI is InChI=1S/C28H27F2NOS/c29-22-12-10-20(11-13-22)26(32)9-4-16-31-17-14-28(15-18-31)25-8-2-1-7-24(25)27(33-28)21-5-3-6-23(30)19-21/h1-3,5-8,10-13,19,27H,4,9,14-18H2. The third kappa shape index (κ3) is 4.62. The summed E-state index contributed by atoms with van der Waals surface area (Å²) in [7, 11) is 0. The molecule has 2 heterocycles. The van der Waals surface area contributed by atoms with E-state index in [1.165, 1.54) is 29.3 Å². The number of Topliss-reactive ketones (excluding diaryl/α,β-unsaturated/α-hetero) is 1. The van der Waals surface area contributed by atoms with E-state index in [1.807, 2.05) is 17.8 Å². The summed E-state index contributed by atoms with van der Waals surface area (Å²) in [5, 5.41) is 0.164. The van der Waals surface area contributed by atoms with Gasteiger partial charge in [-0.1, -0.05) is 36.4 Å². The van der Waals surface area contributed by atoms with Crippen LogP contribution in [0.1, 0.15) is 58.0 Å². The molecule has 1 fully saturated rings. The summed E-state index contributed by atoms with van der Waals surface area (Å²) in [5.74, 6) is -0.432. The number of ketones is 1. The largest absolute Gasteiger partial charge is 0.303 e. The summed E-state index contributed by atoms with van der Waals surface area (Å²) in [4.78, 5) is 14.8. The zero-order valence-corrected chi connectivity index (χ0v) is 19.3. The summed E-state index contributed by atoms with van der Waals surface area (Å²) in [6.07, 6.45) is 3.38. The smallest absolute Gasteiger partial charge is 0.162 e. The van der Waals surface area contributed by atoms with Gasteiger partial charge in [-0.05, 0) is 92.0 Å². The van der Waals surface area contributed by atoms with Crippen molar-refractivity contribution in [3.05, 3.63) is 107 Å². The first-order chi connectivity index (χ1) is 16.0. The highest BCUT2D eigenvalue weighted by Gasteiger charge is 2.46. The monoisotopic (exact) mass is 463 g/mol. The predicted molar refractivity (Wildman–Crippen MR) is 130 cm³/mol. The minimum absolute atomic E-state index is 0.0635. The maximum absolute atomic E-state index is 13.9. The molecule has 33 heavy (non-hydrogen) atoms. The lowest BCUT2D eigenvalue weighted by Crippen LogP contribution is -2.40. The van der Waals surface area contributed by atoms with Gasteiger partial charge in [-0.15, -0.1) is 11.8 Å². The van der Waals surface area contributed by atoms with Gasteiger partial charge >= 0.3 is 0 Å². The zero-order valence-electron chi connectivity index (χ0n) is 18.5. The Bertz CT molecular complexity index is 1140. The van der Waals surface area contributed by atoms with Crippen LogP contribution in [0.25, 0.3) is 0 Å². The van der Waals surface area contributed by atoms with E-state index in [2.05, 4.69) is 29.2 Å². The van der Waals surface area contributed by atoms with Crippen LogP contribution >= 0.6 is 11.8 Å². The van der Waals surface area contributed by atoms with E-state index in [0.29, 0.717) is 12.0 Å². The summed E-state index contributed by atoms with van der Waals surface area (Å²) in [6, 6.07) is 21.4. The van der Waals surface area contributed by atoms with Gasteiger partial charge in [-0.3, -0.25) is 4.79 Å². The quantitative estimate of drug-likeness (QED) is 0.377. The van der Waals surface area contributed by atoms with Gasteiger partial charge in [0.1, 0.15) is 11.6 Å². The molecule has 5 heteroatoms. The van der Waals surface area contributed by atoms with Gasteiger partial charge in [0.05, 0.1) is 5.25 Å². The molecule has 1 unspecified atom stereocenters. The maximum Gasteiger partial charge on any atom is 0.162 e. The number of fused-ring (bicyclic) bond motifs is 2. The fourth-order valence-electron chi connectivity index (χ4n) is 5.18. The van der Waals surface area contributed by atoms with Gasteiger partial charge in [-0.2, -0.15) is 0 Å². The number of rotatable bonds is 6. The Labute approximate surface area is 198 Å². The van der Waals surface area contributed by atoms with Crippen LogP contribution in [0, 0.1) is 11.6 Å². The molecular weight excluding hydrogens is 436 g/mol. The number of benzene rings is 3. The van der Waals surface area contributed by atoms with E-state index in [1.54, 1.807) is 24.3 Å². The van der Waals surface area contributed by atoms with Crippen molar-refractivity contribution in [3.8, 4) is 0 Å². The molecule has 1 atom stereocenters. The van der Waals surface area contributed by atoms with Gasteiger partial charge in [0.25, 0.3) is 0 Å². The lowest BCUT2D eigenvalue weighted by atomic mass is 9.84. The lowest BCUT2D eigenvalue weighted by Gasteiger charge is -2.39. The van der Waals surface area contributed by atoms with E-state index < -0.39 is 0 Å². The number of hydrogen-bond acceptors (Lipinski definition) is 3. The molecular formula is C28H27F2NOS. The fourth-order valence-corrected chi connectivity index (χ4v) is 6.98. The van der Waals surface area contributed by atoms with Gasteiger partial charge in [-0.25, -0.2) is 8.78 Å². The highest BCUT2D eigenvalue weighted by molar-refractivity contribution is 8.01. The van der Waals surface area contributed by atoms with Gasteiger partial charge in [0, 0.05) is 16.7 Å². The van der Waals surface area contributed by atoms with E-state index >= 15 is 0 Å². The molecule has 0 radical (unpaired) electrons. The van der Waals surface area contributed by atoms with Crippen molar-refractivity contribution in [2.45, 2.75) is 35.7 Å². The van der Waals surface area contributed by atoms with Crippen LogP contribution in [0.3, 0.4) is 0 Å². The van der Waals surface area contributed by atoms with Crippen molar-refractivity contribution in [1.82, 2.24) is 4.90 Å². The Morgan fingerprint density at radius 1 is 0.939 bits per heavy atom. The minimum atomic E-state index is -0.320. The summed E-state index contributed by atoms with van der Waals surface area (Å²) in [6.45, 7) is 2.87. The molecule has 1 spiro atoms. The predicted octanol–water partition coefficient (Wildman–Crippen LogP) is 6.76. The van der Waals surface area contributed by atoms with Gasteiger partial charge in [0.2, 0.25) is 0 Å². The van der Waals surface area contributed by atoms with Crippen LogP contribution in [0.4, 0.5) is 8.78 Å². The molecule has 3 aromatic rings. The average Bonchev–Trinajstić information content (AvgIpc) is 3.15. The fraction of sp³-hybridized carbons (Fsp3) is 0.321. The van der Waals surface area contributed by atoms with Gasteiger partial charge in [0.15, 0.2) is 5.78 Å². The summed E-state index contributed by atoms with van der Waals surface area (Å²) >= 11 is 1.98. The first-order valence-electron chi connectivity index (χ1n) is 11.6. The topological polar surface area (TPSA) is 20.3 Å². The number of likely N-dealkylation sites (tertiary alicyclic amines) is 1. The van der Waals surface area contributed by atoms with Crippen LogP contribution in [0.15, 0.2) is 72.8 Å². The summed E-state index contributed by atoms with van der Waals surface area (Å²) < 4.78 is 27.1. The van der Waals surface area contributed by atoms with Crippen LogP contribution in [0.2, 0.25) is 0 Å². The van der Waals surface area contributed by atoms with Crippen LogP contribution in [-0.2, 0) is 4.75 Å². The molecule has 2 aliphatic rings. The number of carbonyl (C=O) groups excluding carboxylic acids is 1. The normalized spacial score (nSPS) is 19.5. The van der Waals surface area contributed by atoms with Crippen molar-refractivity contribution in [3.63, 3.8) is 0 Å². The SMILES string of the molecule is O=C(CCCN1CCC2(CC1)SC(c1cccc(F)c1)c1ccccc12)c1ccc(F)cc1. The average molecular weight is 464 g/mol. The molecule has 2 aliphatic heterocycles. The van der Waals surface area contributed by atoms with Gasteiger partial charge < -0.3 is 4.90 Å². The Kier molecular flexibility index (Phi) is 6.35. The molecule has 0 amide bonds. The Morgan fingerprint density at radius 2 is 1.70 bits per heavy atom. The molecule has 0 aliphatic carbocycles. The van der Waals surface area contributed by atoms with E-state index in [-0.39, 0.29) is 27.4 Å². The lowest BCUT2D eigenvalue weighted by molar-refractivity contribution is 0.0971. The second kappa shape index (κ2) is 9.40. The first-order valence-corrected chi connectivity index (χ1v) is 12.5. The molecule has 2 nitrogen and oxygen atoms in total. The van der Waals surface area contributed by atoms with Crippen LogP contribution in [-0.4, -0.2) is 30.3 Å². The highest BCUT2D eigenvalue weighted by atomic mass is 32.2. The highest BCUT2D eigenvalue weighted by Crippen LogP contribution is 2.61. The molecule has 1 saturated heterocycles. The number of carbonyl (C=O) groups is 1. The molecule has 0 saturated carbocycles. The first kappa shape index (κ1) is 22.3. The van der Waals surface area contributed by atoms with E-state index in [4.69, 9.17) is 0 Å².